The van der Waals surface area contributed by atoms with E-state index < -0.39 is 17.8 Å². The van der Waals surface area contributed by atoms with E-state index in [1.807, 2.05) is 6.92 Å². The molecule has 0 saturated carbocycles. The Bertz CT molecular complexity index is 530. The fourth-order valence-corrected chi connectivity index (χ4v) is 3.43. The number of hydrogen-bond acceptors (Lipinski definition) is 4. The molecule has 0 spiro atoms. The Labute approximate surface area is 145 Å². The lowest BCUT2D eigenvalue weighted by molar-refractivity contribution is -0.0747. The van der Waals surface area contributed by atoms with Crippen LogP contribution in [0.2, 0.25) is 0 Å². The number of fused-ring (bicyclic) bond motifs is 1. The third-order valence-electron chi connectivity index (χ3n) is 5.45. The first-order chi connectivity index (χ1) is 11.2. The topological polar surface area (TPSA) is 69.9 Å². The zero-order valence-electron chi connectivity index (χ0n) is 15.2. The van der Waals surface area contributed by atoms with Crippen LogP contribution in [0.25, 0.3) is 0 Å². The highest BCUT2D eigenvalue weighted by atomic mass is 16.5. The van der Waals surface area contributed by atoms with Gasteiger partial charge in [-0.2, -0.15) is 0 Å². The summed E-state index contributed by atoms with van der Waals surface area (Å²) >= 11 is 0. The molecule has 0 radical (unpaired) electrons. The van der Waals surface area contributed by atoms with Crippen molar-refractivity contribution in [2.45, 2.75) is 83.2 Å². The standard InChI is InChI=1S/C20H32O4/c1-13-5-8-19(22)20(4,23)10-9-17(21)14(2)6-7-16-15(3)12-24-18(16)11-13/h11,17-19,21-23H,2,5-10,12H2,1,3-4H3/b13-11+/t17-,18+,19+,20-/m1/s1. The van der Waals surface area contributed by atoms with Crippen molar-refractivity contribution in [3.05, 3.63) is 34.9 Å². The van der Waals surface area contributed by atoms with Crippen molar-refractivity contribution >= 4 is 0 Å². The highest BCUT2D eigenvalue weighted by Crippen LogP contribution is 2.31. The van der Waals surface area contributed by atoms with Crippen molar-refractivity contribution in [1.82, 2.24) is 0 Å². The van der Waals surface area contributed by atoms with E-state index in [0.29, 0.717) is 32.3 Å². The van der Waals surface area contributed by atoms with Gasteiger partial charge in [-0.15, -0.1) is 0 Å². The molecule has 2 rings (SSSR count). The Balaban J connectivity index is 2.21. The Hall–Kier alpha value is -0.940. The zero-order chi connectivity index (χ0) is 17.9. The van der Waals surface area contributed by atoms with Gasteiger partial charge in [-0.3, -0.25) is 0 Å². The first-order valence-electron chi connectivity index (χ1n) is 8.94. The summed E-state index contributed by atoms with van der Waals surface area (Å²) in [5.74, 6) is 0. The summed E-state index contributed by atoms with van der Waals surface area (Å²) in [6, 6.07) is 0. The number of aliphatic hydroxyl groups excluding tert-OH is 2. The molecule has 0 aromatic heterocycles. The first kappa shape index (κ1) is 19.4. The van der Waals surface area contributed by atoms with Gasteiger partial charge >= 0.3 is 0 Å². The lowest BCUT2D eigenvalue weighted by atomic mass is 9.86. The summed E-state index contributed by atoms with van der Waals surface area (Å²) in [7, 11) is 0. The molecule has 1 aliphatic carbocycles. The van der Waals surface area contributed by atoms with Gasteiger partial charge in [0.2, 0.25) is 0 Å². The average Bonchev–Trinajstić information content (AvgIpc) is 2.87. The second-order valence-corrected chi connectivity index (χ2v) is 7.67. The lowest BCUT2D eigenvalue weighted by Crippen LogP contribution is -2.40. The van der Waals surface area contributed by atoms with Gasteiger partial charge in [0.1, 0.15) is 0 Å². The maximum Gasteiger partial charge on any atom is 0.0977 e. The van der Waals surface area contributed by atoms with Crippen LogP contribution in [0, 0.1) is 0 Å². The fourth-order valence-electron chi connectivity index (χ4n) is 3.43. The largest absolute Gasteiger partial charge is 0.390 e. The predicted octanol–water partition coefficient (Wildman–Crippen LogP) is 3.03. The van der Waals surface area contributed by atoms with Gasteiger partial charge in [0.05, 0.1) is 30.5 Å². The van der Waals surface area contributed by atoms with Crippen LogP contribution in [0.15, 0.2) is 34.9 Å². The molecule has 1 aliphatic heterocycles. The van der Waals surface area contributed by atoms with Crippen molar-refractivity contribution in [2.24, 2.45) is 0 Å². The number of ether oxygens (including phenoxy) is 1. The zero-order valence-corrected chi connectivity index (χ0v) is 15.2. The summed E-state index contributed by atoms with van der Waals surface area (Å²) in [5.41, 5.74) is 3.30. The number of hydrogen-bond donors (Lipinski definition) is 3. The van der Waals surface area contributed by atoms with Crippen LogP contribution in [-0.4, -0.2) is 45.8 Å². The Morgan fingerprint density at radius 2 is 1.88 bits per heavy atom. The minimum Gasteiger partial charge on any atom is -0.390 e. The van der Waals surface area contributed by atoms with Gasteiger partial charge in [-0.1, -0.05) is 18.2 Å². The quantitative estimate of drug-likeness (QED) is 0.595. The normalized spacial score (nSPS) is 39.2. The van der Waals surface area contributed by atoms with E-state index in [1.54, 1.807) is 6.92 Å². The maximum absolute atomic E-state index is 10.5. The molecule has 4 nitrogen and oxygen atoms in total. The molecule has 2 aliphatic rings. The maximum atomic E-state index is 10.5. The molecule has 0 bridgehead atoms. The van der Waals surface area contributed by atoms with Crippen LogP contribution >= 0.6 is 0 Å². The third kappa shape index (κ3) is 4.79. The average molecular weight is 336 g/mol. The van der Waals surface area contributed by atoms with Crippen molar-refractivity contribution in [3.8, 4) is 0 Å². The van der Waals surface area contributed by atoms with Gasteiger partial charge in [-0.25, -0.2) is 0 Å². The number of rotatable bonds is 0. The first-order valence-corrected chi connectivity index (χ1v) is 8.94. The second kappa shape index (κ2) is 7.96. The molecule has 3 N–H and O–H groups in total. The van der Waals surface area contributed by atoms with E-state index in [-0.39, 0.29) is 6.10 Å². The summed E-state index contributed by atoms with van der Waals surface area (Å²) < 4.78 is 5.87. The van der Waals surface area contributed by atoms with Crippen LogP contribution in [-0.2, 0) is 4.74 Å². The molecule has 24 heavy (non-hydrogen) atoms. The summed E-state index contributed by atoms with van der Waals surface area (Å²) in [5, 5.41) is 31.1. The van der Waals surface area contributed by atoms with Crippen molar-refractivity contribution < 1.29 is 20.1 Å². The molecule has 0 amide bonds. The van der Waals surface area contributed by atoms with Gasteiger partial charge < -0.3 is 20.1 Å². The molecule has 0 aromatic rings. The van der Waals surface area contributed by atoms with E-state index in [0.717, 1.165) is 24.0 Å². The van der Waals surface area contributed by atoms with Gasteiger partial charge in [0, 0.05) is 0 Å². The molecule has 136 valence electrons. The highest BCUT2D eigenvalue weighted by molar-refractivity contribution is 5.29. The van der Waals surface area contributed by atoms with Crippen LogP contribution in [0.5, 0.6) is 0 Å². The third-order valence-corrected chi connectivity index (χ3v) is 5.45. The molecule has 0 aromatic carbocycles. The molecule has 0 fully saturated rings. The monoisotopic (exact) mass is 336 g/mol. The SMILES string of the molecule is C=C1CCC2=C(C)CO[C@H]2/C=C(\C)CC[C@H](O)[C@](C)(O)CC[C@H]1O. The highest BCUT2D eigenvalue weighted by Gasteiger charge is 2.31. The second-order valence-electron chi connectivity index (χ2n) is 7.67. The van der Waals surface area contributed by atoms with E-state index in [1.165, 1.54) is 11.1 Å². The van der Waals surface area contributed by atoms with E-state index in [2.05, 4.69) is 19.6 Å². The van der Waals surface area contributed by atoms with Crippen molar-refractivity contribution in [1.29, 1.82) is 0 Å². The van der Waals surface area contributed by atoms with E-state index >= 15 is 0 Å². The lowest BCUT2D eigenvalue weighted by Gasteiger charge is -2.31. The molecule has 0 saturated heterocycles. The Morgan fingerprint density at radius 1 is 1.17 bits per heavy atom. The summed E-state index contributed by atoms with van der Waals surface area (Å²) in [6.07, 6.45) is 4.18. The van der Waals surface area contributed by atoms with Crippen LogP contribution in [0.1, 0.15) is 59.3 Å². The number of aliphatic hydroxyl groups is 3. The molecular formula is C20H32O4. The van der Waals surface area contributed by atoms with Crippen LogP contribution in [0.3, 0.4) is 0 Å². The number of allylic oxidation sites excluding steroid dienone is 1. The van der Waals surface area contributed by atoms with Gasteiger partial charge in [0.25, 0.3) is 0 Å². The molecule has 4 heteroatoms. The molecule has 1 heterocycles. The van der Waals surface area contributed by atoms with E-state index in [4.69, 9.17) is 4.74 Å². The minimum absolute atomic E-state index is 0.0180. The van der Waals surface area contributed by atoms with Crippen molar-refractivity contribution in [2.75, 3.05) is 6.61 Å². The summed E-state index contributed by atoms with van der Waals surface area (Å²) in [6.45, 7) is 10.4. The van der Waals surface area contributed by atoms with Gasteiger partial charge in [-0.05, 0) is 76.0 Å². The van der Waals surface area contributed by atoms with Crippen LogP contribution < -0.4 is 0 Å². The Morgan fingerprint density at radius 3 is 2.58 bits per heavy atom. The van der Waals surface area contributed by atoms with Crippen LogP contribution in [0.4, 0.5) is 0 Å². The minimum atomic E-state index is -1.20. The predicted molar refractivity (Wildman–Crippen MR) is 95.7 cm³/mol. The fraction of sp³-hybridized carbons (Fsp3) is 0.700. The summed E-state index contributed by atoms with van der Waals surface area (Å²) in [4.78, 5) is 0. The Kier molecular flexibility index (Phi) is 6.43. The van der Waals surface area contributed by atoms with Crippen molar-refractivity contribution in [3.63, 3.8) is 0 Å². The van der Waals surface area contributed by atoms with Gasteiger partial charge in [0.15, 0.2) is 0 Å². The van der Waals surface area contributed by atoms with E-state index in [9.17, 15) is 15.3 Å². The smallest absolute Gasteiger partial charge is 0.0977 e. The molecular weight excluding hydrogens is 304 g/mol. The molecule has 4 atom stereocenters. The molecule has 0 unspecified atom stereocenters.